The summed E-state index contributed by atoms with van der Waals surface area (Å²) < 4.78 is 24.7. The van der Waals surface area contributed by atoms with Crippen LogP contribution in [0.2, 0.25) is 5.02 Å². The number of hydrogen-bond acceptors (Lipinski definition) is 3. The van der Waals surface area contributed by atoms with Crippen molar-refractivity contribution in [3.63, 3.8) is 0 Å². The number of nitrogens with one attached hydrogen (secondary N) is 1. The van der Waals surface area contributed by atoms with E-state index in [0.29, 0.717) is 31.1 Å². The summed E-state index contributed by atoms with van der Waals surface area (Å²) in [5.74, 6) is -0.471. The van der Waals surface area contributed by atoms with Crippen LogP contribution < -0.4 is 5.32 Å². The minimum atomic E-state index is -3.60. The standard InChI is InChI=1S/C15H21ClN2O3S/c1-15(2,22(20,21)18-9-4-10-18)14(19)17-8-7-12-5-3-6-13(16)11-12/h3,5-6,11H,4,7-10H2,1-2H3,(H,17,19). The van der Waals surface area contributed by atoms with Gasteiger partial charge in [0.25, 0.3) is 0 Å². The molecule has 1 fully saturated rings. The van der Waals surface area contributed by atoms with Crippen LogP contribution in [0.3, 0.4) is 0 Å². The van der Waals surface area contributed by atoms with Gasteiger partial charge in [0, 0.05) is 24.7 Å². The van der Waals surface area contributed by atoms with Crippen LogP contribution in [0.4, 0.5) is 0 Å². The third-order valence-electron chi connectivity index (χ3n) is 3.93. The first-order valence-corrected chi connectivity index (χ1v) is 9.09. The minimum Gasteiger partial charge on any atom is -0.354 e. The Morgan fingerprint density at radius 3 is 2.59 bits per heavy atom. The highest BCUT2D eigenvalue weighted by atomic mass is 35.5. The van der Waals surface area contributed by atoms with E-state index in [1.165, 1.54) is 18.2 Å². The lowest BCUT2D eigenvalue weighted by Crippen LogP contribution is -2.57. The van der Waals surface area contributed by atoms with Crippen molar-refractivity contribution in [1.29, 1.82) is 0 Å². The molecule has 0 radical (unpaired) electrons. The van der Waals surface area contributed by atoms with E-state index in [-0.39, 0.29) is 0 Å². The van der Waals surface area contributed by atoms with E-state index in [1.807, 2.05) is 18.2 Å². The molecule has 1 aliphatic rings. The molecule has 1 aromatic carbocycles. The second kappa shape index (κ2) is 6.56. The molecule has 0 saturated carbocycles. The van der Waals surface area contributed by atoms with E-state index in [0.717, 1.165) is 12.0 Å². The zero-order chi connectivity index (χ0) is 16.4. The molecule has 1 saturated heterocycles. The van der Waals surface area contributed by atoms with Gasteiger partial charge in [-0.2, -0.15) is 0 Å². The van der Waals surface area contributed by atoms with Crippen LogP contribution in [-0.2, 0) is 21.2 Å². The summed E-state index contributed by atoms with van der Waals surface area (Å²) in [5, 5.41) is 3.36. The Bertz CT molecular complexity index is 655. The number of carbonyl (C=O) groups excluding carboxylic acids is 1. The molecule has 0 aromatic heterocycles. The first-order valence-electron chi connectivity index (χ1n) is 7.27. The van der Waals surface area contributed by atoms with Crippen LogP contribution >= 0.6 is 11.6 Å². The maximum absolute atomic E-state index is 12.4. The van der Waals surface area contributed by atoms with Gasteiger partial charge in [-0.1, -0.05) is 23.7 Å². The largest absolute Gasteiger partial charge is 0.354 e. The van der Waals surface area contributed by atoms with Crippen LogP contribution in [0.5, 0.6) is 0 Å². The van der Waals surface area contributed by atoms with E-state index < -0.39 is 20.7 Å². The number of hydrogen-bond donors (Lipinski definition) is 1. The van der Waals surface area contributed by atoms with Crippen molar-refractivity contribution in [3.05, 3.63) is 34.9 Å². The van der Waals surface area contributed by atoms with Gasteiger partial charge < -0.3 is 5.32 Å². The first kappa shape index (κ1) is 17.2. The van der Waals surface area contributed by atoms with E-state index in [2.05, 4.69) is 5.32 Å². The van der Waals surface area contributed by atoms with Crippen molar-refractivity contribution < 1.29 is 13.2 Å². The predicted octanol–water partition coefficient (Wildman–Crippen LogP) is 1.81. The van der Waals surface area contributed by atoms with Crippen LogP contribution in [0.15, 0.2) is 24.3 Å². The second-order valence-electron chi connectivity index (χ2n) is 5.90. The van der Waals surface area contributed by atoms with Crippen LogP contribution in [-0.4, -0.2) is 43.0 Å². The fourth-order valence-electron chi connectivity index (χ4n) is 2.19. The molecule has 1 heterocycles. The Labute approximate surface area is 136 Å². The van der Waals surface area contributed by atoms with Gasteiger partial charge in [-0.05, 0) is 44.4 Å². The molecule has 1 aliphatic heterocycles. The number of sulfonamides is 1. The van der Waals surface area contributed by atoms with Gasteiger partial charge >= 0.3 is 0 Å². The smallest absolute Gasteiger partial charge is 0.242 e. The zero-order valence-corrected chi connectivity index (χ0v) is 14.4. The third-order valence-corrected chi connectivity index (χ3v) is 6.69. The van der Waals surface area contributed by atoms with Crippen molar-refractivity contribution in [2.24, 2.45) is 0 Å². The number of amides is 1. The molecule has 2 rings (SSSR count). The summed E-state index contributed by atoms with van der Waals surface area (Å²) in [6.45, 7) is 4.28. The molecule has 0 bridgehead atoms. The second-order valence-corrected chi connectivity index (χ2v) is 8.83. The van der Waals surface area contributed by atoms with E-state index in [4.69, 9.17) is 11.6 Å². The molecule has 5 nitrogen and oxygen atoms in total. The minimum absolute atomic E-state index is 0.373. The Kier molecular flexibility index (Phi) is 5.14. The lowest BCUT2D eigenvalue weighted by molar-refractivity contribution is -0.122. The summed E-state index contributed by atoms with van der Waals surface area (Å²) in [7, 11) is -3.60. The quantitative estimate of drug-likeness (QED) is 0.856. The average molecular weight is 345 g/mol. The van der Waals surface area contributed by atoms with E-state index in [9.17, 15) is 13.2 Å². The van der Waals surface area contributed by atoms with Crippen molar-refractivity contribution in [3.8, 4) is 0 Å². The van der Waals surface area contributed by atoms with Crippen LogP contribution in [0.1, 0.15) is 25.8 Å². The zero-order valence-electron chi connectivity index (χ0n) is 12.8. The van der Waals surface area contributed by atoms with Gasteiger partial charge in [0.2, 0.25) is 15.9 Å². The number of nitrogens with zero attached hydrogens (tertiary/aromatic N) is 1. The molecule has 1 aromatic rings. The predicted molar refractivity (Wildman–Crippen MR) is 87.4 cm³/mol. The molecular weight excluding hydrogens is 324 g/mol. The third kappa shape index (κ3) is 3.45. The number of rotatable bonds is 6. The Morgan fingerprint density at radius 2 is 2.05 bits per heavy atom. The average Bonchev–Trinajstić information content (AvgIpc) is 2.35. The molecule has 1 amide bonds. The van der Waals surface area contributed by atoms with Crippen molar-refractivity contribution in [2.45, 2.75) is 31.4 Å². The topological polar surface area (TPSA) is 66.5 Å². The molecule has 7 heteroatoms. The summed E-state index contributed by atoms with van der Waals surface area (Å²) in [4.78, 5) is 12.3. The highest BCUT2D eigenvalue weighted by Crippen LogP contribution is 2.25. The van der Waals surface area contributed by atoms with Gasteiger partial charge in [-0.15, -0.1) is 0 Å². The van der Waals surface area contributed by atoms with E-state index >= 15 is 0 Å². The Hall–Kier alpha value is -1.11. The molecule has 0 aliphatic carbocycles. The lowest BCUT2D eigenvalue weighted by Gasteiger charge is -2.36. The van der Waals surface area contributed by atoms with Crippen molar-refractivity contribution in [2.75, 3.05) is 19.6 Å². The Balaban J connectivity index is 1.93. The van der Waals surface area contributed by atoms with Gasteiger partial charge in [0.15, 0.2) is 4.75 Å². The Morgan fingerprint density at radius 1 is 1.36 bits per heavy atom. The molecule has 1 N–H and O–H groups in total. The first-order chi connectivity index (χ1) is 10.2. The lowest BCUT2D eigenvalue weighted by atomic mass is 10.1. The van der Waals surface area contributed by atoms with Crippen molar-refractivity contribution in [1.82, 2.24) is 9.62 Å². The number of halogens is 1. The van der Waals surface area contributed by atoms with Gasteiger partial charge in [0.1, 0.15) is 0 Å². The van der Waals surface area contributed by atoms with Gasteiger partial charge in [-0.3, -0.25) is 4.79 Å². The number of benzene rings is 1. The number of carbonyl (C=O) groups is 1. The molecule has 0 spiro atoms. The molecular formula is C15H21ClN2O3S. The van der Waals surface area contributed by atoms with Gasteiger partial charge in [-0.25, -0.2) is 12.7 Å². The molecule has 122 valence electrons. The maximum Gasteiger partial charge on any atom is 0.242 e. The summed E-state index contributed by atoms with van der Waals surface area (Å²) in [5.41, 5.74) is 0.996. The fourth-order valence-corrected chi connectivity index (χ4v) is 4.10. The summed E-state index contributed by atoms with van der Waals surface area (Å²) >= 11 is 5.90. The summed E-state index contributed by atoms with van der Waals surface area (Å²) in [6, 6.07) is 7.37. The maximum atomic E-state index is 12.4. The molecule has 22 heavy (non-hydrogen) atoms. The van der Waals surface area contributed by atoms with Crippen LogP contribution in [0.25, 0.3) is 0 Å². The molecule has 0 atom stereocenters. The highest BCUT2D eigenvalue weighted by molar-refractivity contribution is 7.91. The van der Waals surface area contributed by atoms with E-state index in [1.54, 1.807) is 6.07 Å². The normalized spacial score (nSPS) is 16.1. The monoisotopic (exact) mass is 344 g/mol. The highest BCUT2D eigenvalue weighted by Gasteiger charge is 2.46. The van der Waals surface area contributed by atoms with Gasteiger partial charge in [0.05, 0.1) is 0 Å². The fraction of sp³-hybridized carbons (Fsp3) is 0.533. The SMILES string of the molecule is CC(C)(C(=O)NCCc1cccc(Cl)c1)S(=O)(=O)N1CCC1. The van der Waals surface area contributed by atoms with Crippen molar-refractivity contribution >= 4 is 27.5 Å². The van der Waals surface area contributed by atoms with Crippen LogP contribution in [0, 0.1) is 0 Å². The molecule has 0 unspecified atom stereocenters. The summed E-state index contributed by atoms with van der Waals surface area (Å²) in [6.07, 6.45) is 1.46.